The molecular weight excluding hydrogens is 284 g/mol. The predicted molar refractivity (Wildman–Crippen MR) is 85.9 cm³/mol. The lowest BCUT2D eigenvalue weighted by Crippen LogP contribution is -2.41. The van der Waals surface area contributed by atoms with E-state index in [2.05, 4.69) is 11.1 Å². The van der Waals surface area contributed by atoms with Gasteiger partial charge in [0.05, 0.1) is 6.04 Å². The van der Waals surface area contributed by atoms with Gasteiger partial charge in [-0.25, -0.2) is 4.79 Å². The summed E-state index contributed by atoms with van der Waals surface area (Å²) in [6, 6.07) is 2.14. The van der Waals surface area contributed by atoms with Crippen molar-refractivity contribution < 1.29 is 9.53 Å². The summed E-state index contributed by atoms with van der Waals surface area (Å²) in [5.41, 5.74) is 1.68. The zero-order valence-corrected chi connectivity index (χ0v) is 14.0. The van der Waals surface area contributed by atoms with Gasteiger partial charge in [0.1, 0.15) is 10.2 Å². The number of aryl methyl sites for hydroxylation is 1. The molecule has 21 heavy (non-hydrogen) atoms. The monoisotopic (exact) mass is 308 g/mol. The molecular formula is C16H24N2O2S. The number of ether oxygens (including phenoxy) is 1. The number of H-pyrrole nitrogens is 1. The molecule has 1 N–H and O–H groups in total. The maximum absolute atomic E-state index is 12.4. The molecule has 0 aromatic carbocycles. The van der Waals surface area contributed by atoms with Crippen molar-refractivity contribution in [3.63, 3.8) is 0 Å². The Balaban J connectivity index is 2.24. The van der Waals surface area contributed by atoms with Crippen LogP contribution in [0.3, 0.4) is 0 Å². The van der Waals surface area contributed by atoms with Crippen LogP contribution in [0.25, 0.3) is 0 Å². The molecule has 1 atom stereocenters. The maximum Gasteiger partial charge on any atom is 0.410 e. The molecule has 1 amide bonds. The summed E-state index contributed by atoms with van der Waals surface area (Å²) in [5, 5.41) is 0. The van der Waals surface area contributed by atoms with Gasteiger partial charge in [0.15, 0.2) is 0 Å². The second kappa shape index (κ2) is 6.18. The minimum Gasteiger partial charge on any atom is -0.444 e. The Morgan fingerprint density at radius 2 is 2.14 bits per heavy atom. The molecule has 116 valence electrons. The van der Waals surface area contributed by atoms with Gasteiger partial charge in [0, 0.05) is 12.7 Å². The van der Waals surface area contributed by atoms with E-state index in [1.54, 1.807) is 0 Å². The number of hydrogen-bond donors (Lipinski definition) is 1. The minimum atomic E-state index is -0.467. The fraction of sp³-hybridized carbons (Fsp3) is 0.625. The van der Waals surface area contributed by atoms with E-state index in [1.165, 1.54) is 0 Å². The van der Waals surface area contributed by atoms with Crippen LogP contribution in [0.2, 0.25) is 0 Å². The third-order valence-corrected chi connectivity index (χ3v) is 4.07. The first-order chi connectivity index (χ1) is 9.78. The lowest BCUT2D eigenvalue weighted by Gasteiger charge is -2.37. The summed E-state index contributed by atoms with van der Waals surface area (Å²) < 4.78 is 6.29. The highest BCUT2D eigenvalue weighted by atomic mass is 32.1. The normalized spacial score (nSPS) is 19.4. The van der Waals surface area contributed by atoms with Gasteiger partial charge in [-0.05, 0) is 64.2 Å². The quantitative estimate of drug-likeness (QED) is 0.776. The molecule has 1 fully saturated rings. The number of carbonyl (C=O) groups excluding carboxylic acids is 1. The summed E-state index contributed by atoms with van der Waals surface area (Å²) in [4.78, 5) is 17.4. The largest absolute Gasteiger partial charge is 0.444 e. The molecule has 0 spiro atoms. The Kier molecular flexibility index (Phi) is 4.71. The Labute approximate surface area is 131 Å². The molecule has 1 aliphatic rings. The third kappa shape index (κ3) is 4.06. The van der Waals surface area contributed by atoms with Crippen LogP contribution < -0.4 is 0 Å². The van der Waals surface area contributed by atoms with Gasteiger partial charge >= 0.3 is 6.09 Å². The highest BCUT2D eigenvalue weighted by Crippen LogP contribution is 2.32. The third-order valence-electron chi connectivity index (χ3n) is 3.63. The van der Waals surface area contributed by atoms with Crippen molar-refractivity contribution in [1.29, 1.82) is 0 Å². The van der Waals surface area contributed by atoms with Crippen molar-refractivity contribution in [2.75, 3.05) is 6.54 Å². The molecule has 0 bridgehead atoms. The van der Waals surface area contributed by atoms with Crippen LogP contribution in [0.1, 0.15) is 57.2 Å². The van der Waals surface area contributed by atoms with Gasteiger partial charge < -0.3 is 14.6 Å². The molecule has 0 saturated carbocycles. The molecule has 2 heterocycles. The molecule has 5 heteroatoms. The van der Waals surface area contributed by atoms with Gasteiger partial charge in [-0.2, -0.15) is 0 Å². The average molecular weight is 308 g/mol. The summed E-state index contributed by atoms with van der Waals surface area (Å²) in [7, 11) is 0. The molecule has 1 saturated heterocycles. The second-order valence-electron chi connectivity index (χ2n) is 6.63. The van der Waals surface area contributed by atoms with Crippen molar-refractivity contribution in [1.82, 2.24) is 9.88 Å². The Bertz CT molecular complexity index is 574. The number of aromatic nitrogens is 1. The number of likely N-dealkylation sites (tertiary alicyclic amines) is 1. The zero-order chi connectivity index (χ0) is 15.6. The van der Waals surface area contributed by atoms with Crippen LogP contribution in [0.4, 0.5) is 4.79 Å². The summed E-state index contributed by atoms with van der Waals surface area (Å²) in [6.45, 7) is 8.42. The molecule has 1 aliphatic heterocycles. The van der Waals surface area contributed by atoms with Crippen LogP contribution in [0.15, 0.2) is 12.3 Å². The van der Waals surface area contributed by atoms with E-state index in [9.17, 15) is 4.79 Å². The van der Waals surface area contributed by atoms with Gasteiger partial charge in [-0.1, -0.05) is 12.2 Å². The zero-order valence-electron chi connectivity index (χ0n) is 13.2. The lowest BCUT2D eigenvalue weighted by molar-refractivity contribution is 0.00947. The molecule has 1 aromatic rings. The number of nitrogens with one attached hydrogen (secondary N) is 1. The predicted octanol–water partition coefficient (Wildman–Crippen LogP) is 4.51. The standard InChI is InChI=1S/C16H24N2O2S/c1-11-9-12(10-17-14(11)21)13-7-5-6-8-18(13)15(19)20-16(2,3)4/h9-10,13H,5-8H2,1-4H3,(H,17,21). The van der Waals surface area contributed by atoms with Gasteiger partial charge in [0.25, 0.3) is 0 Å². The van der Waals surface area contributed by atoms with Crippen molar-refractivity contribution in [3.8, 4) is 0 Å². The van der Waals surface area contributed by atoms with Crippen LogP contribution in [-0.2, 0) is 4.74 Å². The average Bonchev–Trinajstić information content (AvgIpc) is 2.40. The van der Waals surface area contributed by atoms with Crippen LogP contribution in [-0.4, -0.2) is 28.1 Å². The van der Waals surface area contributed by atoms with Gasteiger partial charge in [-0.15, -0.1) is 0 Å². The number of carbonyl (C=O) groups is 1. The van der Waals surface area contributed by atoms with E-state index in [0.717, 1.165) is 41.6 Å². The first kappa shape index (κ1) is 16.0. The number of pyridine rings is 1. The van der Waals surface area contributed by atoms with E-state index < -0.39 is 5.60 Å². The first-order valence-corrected chi connectivity index (χ1v) is 7.87. The van der Waals surface area contributed by atoms with Crippen LogP contribution in [0, 0.1) is 11.6 Å². The fourth-order valence-electron chi connectivity index (χ4n) is 2.63. The van der Waals surface area contributed by atoms with Crippen molar-refractivity contribution in [3.05, 3.63) is 28.0 Å². The topological polar surface area (TPSA) is 45.3 Å². The van der Waals surface area contributed by atoms with E-state index in [-0.39, 0.29) is 12.1 Å². The molecule has 4 nitrogen and oxygen atoms in total. The second-order valence-corrected chi connectivity index (χ2v) is 7.04. The number of hydrogen-bond acceptors (Lipinski definition) is 3. The van der Waals surface area contributed by atoms with Gasteiger partial charge in [0.2, 0.25) is 0 Å². The molecule has 1 unspecified atom stereocenters. The summed E-state index contributed by atoms with van der Waals surface area (Å²) in [5.74, 6) is 0. The van der Waals surface area contributed by atoms with Crippen molar-refractivity contribution in [2.45, 2.75) is 58.6 Å². The molecule has 1 aromatic heterocycles. The Morgan fingerprint density at radius 3 is 2.76 bits per heavy atom. The maximum atomic E-state index is 12.4. The summed E-state index contributed by atoms with van der Waals surface area (Å²) >= 11 is 5.21. The number of piperidine rings is 1. The van der Waals surface area contributed by atoms with E-state index in [4.69, 9.17) is 17.0 Å². The minimum absolute atomic E-state index is 0.0687. The SMILES string of the molecule is Cc1cc(C2CCCCN2C(=O)OC(C)(C)C)c[nH]c1=S. The van der Waals surface area contributed by atoms with Crippen LogP contribution in [0.5, 0.6) is 0 Å². The van der Waals surface area contributed by atoms with Gasteiger partial charge in [-0.3, -0.25) is 0 Å². The van der Waals surface area contributed by atoms with E-state index in [0.29, 0.717) is 0 Å². The number of nitrogens with zero attached hydrogens (tertiary/aromatic N) is 1. The molecule has 0 radical (unpaired) electrons. The summed E-state index contributed by atoms with van der Waals surface area (Å²) in [6.07, 6.45) is 4.80. The fourth-order valence-corrected chi connectivity index (χ4v) is 2.75. The number of rotatable bonds is 1. The van der Waals surface area contributed by atoms with E-state index in [1.807, 2.05) is 38.8 Å². The lowest BCUT2D eigenvalue weighted by atomic mass is 9.96. The number of aromatic amines is 1. The molecule has 2 rings (SSSR count). The highest BCUT2D eigenvalue weighted by molar-refractivity contribution is 7.71. The van der Waals surface area contributed by atoms with Crippen molar-refractivity contribution in [2.24, 2.45) is 0 Å². The van der Waals surface area contributed by atoms with Crippen molar-refractivity contribution >= 4 is 18.3 Å². The first-order valence-electron chi connectivity index (χ1n) is 7.47. The molecule has 0 aliphatic carbocycles. The highest BCUT2D eigenvalue weighted by Gasteiger charge is 2.31. The Hall–Kier alpha value is -1.36. The number of amides is 1. The van der Waals surface area contributed by atoms with E-state index >= 15 is 0 Å². The smallest absolute Gasteiger partial charge is 0.410 e. The van der Waals surface area contributed by atoms with Crippen LogP contribution >= 0.6 is 12.2 Å². The Morgan fingerprint density at radius 1 is 1.43 bits per heavy atom.